The summed E-state index contributed by atoms with van der Waals surface area (Å²) in [4.78, 5) is 0. The molecule has 19 heavy (non-hydrogen) atoms. The second-order valence-corrected chi connectivity index (χ2v) is 12.3. The van der Waals surface area contributed by atoms with Crippen LogP contribution in [-0.4, -0.2) is 0 Å². The number of hydrogen-bond donors (Lipinski definition) is 0. The molecule has 100 valence electrons. The fraction of sp³-hybridized carbons (Fsp3) is 0. The normalized spacial score (nSPS) is 14.7. The molecule has 0 N–H and O–H groups in total. The largest absolute Gasteiger partial charge is 0.305 e. The van der Waals surface area contributed by atoms with Gasteiger partial charge in [0, 0.05) is 10.6 Å². The predicted octanol–water partition coefficient (Wildman–Crippen LogP) is 5.58. The highest BCUT2D eigenvalue weighted by Crippen LogP contribution is 2.69. The van der Waals surface area contributed by atoms with Gasteiger partial charge in [-0.2, -0.15) is 4.52 Å². The lowest BCUT2D eigenvalue weighted by Crippen LogP contribution is -1.99. The Balaban J connectivity index is 2.48. The summed E-state index contributed by atoms with van der Waals surface area (Å²) in [6.45, 7) is -3.45. The highest BCUT2D eigenvalue weighted by Gasteiger charge is 2.26. The quantitative estimate of drug-likeness (QED) is 0.663. The lowest BCUT2D eigenvalue weighted by molar-refractivity contribution is 0.591. The summed E-state index contributed by atoms with van der Waals surface area (Å²) in [6.07, 6.45) is 0. The van der Waals surface area contributed by atoms with E-state index < -0.39 is 12.4 Å². The third-order valence-electron chi connectivity index (χ3n) is 2.37. The van der Waals surface area contributed by atoms with Crippen LogP contribution in [-0.2, 0) is 4.57 Å². The second-order valence-electron chi connectivity index (χ2n) is 3.75. The Labute approximate surface area is 126 Å². The lowest BCUT2D eigenvalue weighted by Gasteiger charge is -2.12. The monoisotopic (exact) mass is 351 g/mol. The van der Waals surface area contributed by atoms with Crippen molar-refractivity contribution in [2.75, 3.05) is 0 Å². The smallest absolute Gasteiger partial charge is 0.275 e. The standard InChI is InChI=1S/C12H10Cl3NOP2/c13-18(14,11-7-3-1-4-8-11)16-19(15,17)12-9-5-2-6-10-12/h1-10H. The molecule has 2 nitrogen and oxygen atoms in total. The van der Waals surface area contributed by atoms with Gasteiger partial charge in [-0.25, -0.2) is 0 Å². The summed E-state index contributed by atoms with van der Waals surface area (Å²) in [5.74, 6) is -2.91. The van der Waals surface area contributed by atoms with Crippen LogP contribution in [0.3, 0.4) is 0 Å². The molecule has 2 aromatic carbocycles. The van der Waals surface area contributed by atoms with E-state index in [-0.39, 0.29) is 0 Å². The average molecular weight is 353 g/mol. The van der Waals surface area contributed by atoms with Crippen molar-refractivity contribution in [1.82, 2.24) is 0 Å². The zero-order chi connectivity index (χ0) is 13.9. The molecule has 0 saturated heterocycles. The number of nitrogens with zero attached hydrogens (tertiary/aromatic N) is 1. The van der Waals surface area contributed by atoms with Crippen LogP contribution in [0.1, 0.15) is 0 Å². The van der Waals surface area contributed by atoms with Crippen LogP contribution in [0.5, 0.6) is 0 Å². The molecule has 0 aliphatic carbocycles. The summed E-state index contributed by atoms with van der Waals surface area (Å²) < 4.78 is 16.5. The molecule has 7 heteroatoms. The maximum atomic E-state index is 12.5. The topological polar surface area (TPSA) is 29.4 Å². The van der Waals surface area contributed by atoms with Gasteiger partial charge in [-0.05, 0) is 23.4 Å². The van der Waals surface area contributed by atoms with Gasteiger partial charge in [-0.15, -0.1) is 0 Å². The molecule has 0 fully saturated rings. The zero-order valence-electron chi connectivity index (χ0n) is 9.66. The Bertz CT molecular complexity index is 655. The molecule has 0 aliphatic rings. The van der Waals surface area contributed by atoms with E-state index in [4.69, 9.17) is 33.7 Å². The van der Waals surface area contributed by atoms with E-state index in [1.165, 1.54) is 0 Å². The fourth-order valence-electron chi connectivity index (χ4n) is 1.47. The Morgan fingerprint density at radius 3 is 1.63 bits per heavy atom. The molecule has 1 atom stereocenters. The van der Waals surface area contributed by atoms with Gasteiger partial charge < -0.3 is 0 Å². The van der Waals surface area contributed by atoms with E-state index in [9.17, 15) is 4.57 Å². The molecule has 0 heterocycles. The van der Waals surface area contributed by atoms with Crippen LogP contribution in [0.25, 0.3) is 0 Å². The van der Waals surface area contributed by atoms with Crippen LogP contribution in [0.4, 0.5) is 0 Å². The SMILES string of the molecule is O=P(Cl)(N=P(Cl)(Cl)c1ccccc1)c1ccccc1. The molecule has 0 radical (unpaired) electrons. The van der Waals surface area contributed by atoms with Gasteiger partial charge in [-0.1, -0.05) is 71.0 Å². The molecular weight excluding hydrogens is 342 g/mol. The van der Waals surface area contributed by atoms with Gasteiger partial charge in [0.1, 0.15) is 0 Å². The van der Waals surface area contributed by atoms with E-state index in [0.717, 1.165) is 0 Å². The Hall–Kier alpha value is -0.230. The molecule has 0 aromatic heterocycles. The van der Waals surface area contributed by atoms with Crippen molar-refractivity contribution in [2.45, 2.75) is 0 Å². The minimum absolute atomic E-state index is 0.429. The van der Waals surface area contributed by atoms with E-state index in [2.05, 4.69) is 4.52 Å². The summed E-state index contributed by atoms with van der Waals surface area (Å²) in [7, 11) is 0. The van der Waals surface area contributed by atoms with E-state index >= 15 is 0 Å². The van der Waals surface area contributed by atoms with Gasteiger partial charge in [-0.3, -0.25) is 4.57 Å². The van der Waals surface area contributed by atoms with Crippen molar-refractivity contribution < 1.29 is 4.57 Å². The first kappa shape index (κ1) is 15.2. The minimum Gasteiger partial charge on any atom is -0.275 e. The van der Waals surface area contributed by atoms with E-state index in [1.54, 1.807) is 54.6 Å². The van der Waals surface area contributed by atoms with Crippen molar-refractivity contribution in [3.63, 3.8) is 0 Å². The van der Waals surface area contributed by atoms with Gasteiger partial charge in [0.15, 0.2) is 5.76 Å². The van der Waals surface area contributed by atoms with Crippen molar-refractivity contribution >= 4 is 56.7 Å². The molecule has 0 spiro atoms. The molecule has 2 rings (SSSR count). The number of halogens is 3. The lowest BCUT2D eigenvalue weighted by atomic mass is 10.4. The average Bonchev–Trinajstić information content (AvgIpc) is 2.40. The first-order valence-electron chi connectivity index (χ1n) is 5.36. The predicted molar refractivity (Wildman–Crippen MR) is 86.7 cm³/mol. The highest BCUT2D eigenvalue weighted by molar-refractivity contribution is 8.18. The van der Waals surface area contributed by atoms with Gasteiger partial charge >= 0.3 is 6.65 Å². The minimum atomic E-state index is -3.45. The fourth-order valence-corrected chi connectivity index (χ4v) is 8.78. The van der Waals surface area contributed by atoms with Gasteiger partial charge in [0.25, 0.3) is 0 Å². The van der Waals surface area contributed by atoms with Crippen LogP contribution in [0.2, 0.25) is 0 Å². The van der Waals surface area contributed by atoms with E-state index in [0.29, 0.717) is 10.6 Å². The van der Waals surface area contributed by atoms with Gasteiger partial charge in [0.05, 0.1) is 0 Å². The summed E-state index contributed by atoms with van der Waals surface area (Å²) in [5, 5.41) is 1.06. The third-order valence-corrected chi connectivity index (χ3v) is 9.62. The van der Waals surface area contributed by atoms with Crippen LogP contribution >= 0.6 is 46.1 Å². The number of rotatable bonds is 3. The molecule has 0 aliphatic heterocycles. The molecule has 0 saturated carbocycles. The maximum Gasteiger partial charge on any atom is 0.305 e. The Morgan fingerprint density at radius 2 is 1.16 bits per heavy atom. The van der Waals surface area contributed by atoms with Crippen molar-refractivity contribution in [1.29, 1.82) is 0 Å². The summed E-state index contributed by atoms with van der Waals surface area (Å²) >= 11 is 18.5. The molecule has 2 aromatic rings. The first-order valence-corrected chi connectivity index (χ1v) is 11.5. The van der Waals surface area contributed by atoms with Crippen LogP contribution in [0, 0.1) is 0 Å². The zero-order valence-corrected chi connectivity index (χ0v) is 13.7. The van der Waals surface area contributed by atoms with E-state index in [1.807, 2.05) is 6.07 Å². The maximum absolute atomic E-state index is 12.5. The third kappa shape index (κ3) is 3.88. The number of hydrogen-bond acceptors (Lipinski definition) is 1. The molecule has 1 unspecified atom stereocenters. The van der Waals surface area contributed by atoms with Gasteiger partial charge in [0.2, 0.25) is 0 Å². The molecular formula is C12H10Cl3NOP2. The number of benzene rings is 2. The van der Waals surface area contributed by atoms with Crippen molar-refractivity contribution in [2.24, 2.45) is 4.52 Å². The van der Waals surface area contributed by atoms with Crippen LogP contribution < -0.4 is 10.6 Å². The summed E-state index contributed by atoms with van der Waals surface area (Å²) in [5.41, 5.74) is 0. The first-order chi connectivity index (χ1) is 8.92. The molecule has 0 bridgehead atoms. The van der Waals surface area contributed by atoms with Crippen molar-refractivity contribution in [3.05, 3.63) is 60.7 Å². The molecule has 0 amide bonds. The summed E-state index contributed by atoms with van der Waals surface area (Å²) in [6, 6.07) is 17.5. The van der Waals surface area contributed by atoms with Crippen LogP contribution in [0.15, 0.2) is 65.2 Å². The Kier molecular flexibility index (Phi) is 4.82. The second kappa shape index (κ2) is 6.04. The van der Waals surface area contributed by atoms with Crippen molar-refractivity contribution in [3.8, 4) is 0 Å². The highest BCUT2D eigenvalue weighted by atomic mass is 35.9. The Morgan fingerprint density at radius 1 is 0.737 bits per heavy atom.